The van der Waals surface area contributed by atoms with E-state index in [0.29, 0.717) is 17.3 Å². The molecule has 1 aliphatic rings. The Morgan fingerprint density at radius 2 is 2.11 bits per heavy atom. The normalized spacial score (nSPS) is 17.4. The Labute approximate surface area is 107 Å². The quantitative estimate of drug-likeness (QED) is 0.815. The van der Waals surface area contributed by atoms with Gasteiger partial charge in [-0.1, -0.05) is 13.8 Å². The standard InChI is InChI=1S/C12H21N5O/c1-9(2)8-16-3-5-17(6-4-16)12(18)11-10(13)7-14-15-11/h7,9H,3-6,8,13H2,1-2H3,(H,14,15). The molecule has 0 spiro atoms. The number of carbonyl (C=O) groups is 1. The van der Waals surface area contributed by atoms with Crippen LogP contribution in [0.2, 0.25) is 0 Å². The third kappa shape index (κ3) is 2.81. The van der Waals surface area contributed by atoms with E-state index in [9.17, 15) is 4.79 Å². The minimum absolute atomic E-state index is 0.0470. The number of carbonyl (C=O) groups excluding carboxylic acids is 1. The topological polar surface area (TPSA) is 78.2 Å². The molecule has 0 bridgehead atoms. The van der Waals surface area contributed by atoms with E-state index in [-0.39, 0.29) is 5.91 Å². The van der Waals surface area contributed by atoms with Crippen molar-refractivity contribution in [2.24, 2.45) is 5.92 Å². The van der Waals surface area contributed by atoms with Crippen LogP contribution in [0, 0.1) is 5.92 Å². The maximum absolute atomic E-state index is 12.2. The zero-order valence-electron chi connectivity index (χ0n) is 11.0. The molecule has 18 heavy (non-hydrogen) atoms. The van der Waals surface area contributed by atoms with Crippen LogP contribution in [0.1, 0.15) is 24.3 Å². The van der Waals surface area contributed by atoms with Crippen molar-refractivity contribution in [2.75, 3.05) is 38.5 Å². The van der Waals surface area contributed by atoms with E-state index in [1.165, 1.54) is 6.20 Å². The van der Waals surface area contributed by atoms with E-state index in [1.54, 1.807) is 0 Å². The highest BCUT2D eigenvalue weighted by atomic mass is 16.2. The fourth-order valence-electron chi connectivity index (χ4n) is 2.27. The van der Waals surface area contributed by atoms with E-state index in [0.717, 1.165) is 32.7 Å². The highest BCUT2D eigenvalue weighted by molar-refractivity contribution is 5.97. The number of aromatic amines is 1. The minimum atomic E-state index is -0.0470. The number of H-pyrrole nitrogens is 1. The Bertz CT molecular complexity index is 406. The molecule has 1 saturated heterocycles. The molecule has 0 saturated carbocycles. The van der Waals surface area contributed by atoms with Gasteiger partial charge >= 0.3 is 0 Å². The molecule has 1 aromatic heterocycles. The maximum Gasteiger partial charge on any atom is 0.274 e. The first kappa shape index (κ1) is 12.9. The van der Waals surface area contributed by atoms with E-state index in [2.05, 4.69) is 28.9 Å². The molecule has 0 atom stereocenters. The van der Waals surface area contributed by atoms with Crippen LogP contribution in [0.15, 0.2) is 6.20 Å². The summed E-state index contributed by atoms with van der Waals surface area (Å²) < 4.78 is 0. The lowest BCUT2D eigenvalue weighted by atomic mass is 10.2. The lowest BCUT2D eigenvalue weighted by molar-refractivity contribution is 0.0619. The number of hydrogen-bond donors (Lipinski definition) is 2. The zero-order valence-corrected chi connectivity index (χ0v) is 11.0. The van der Waals surface area contributed by atoms with Crippen LogP contribution in [0.25, 0.3) is 0 Å². The summed E-state index contributed by atoms with van der Waals surface area (Å²) in [7, 11) is 0. The van der Waals surface area contributed by atoms with E-state index in [1.807, 2.05) is 4.90 Å². The summed E-state index contributed by atoms with van der Waals surface area (Å²) in [5, 5.41) is 6.45. The van der Waals surface area contributed by atoms with Gasteiger partial charge in [0.1, 0.15) is 5.69 Å². The molecule has 0 aliphatic carbocycles. The van der Waals surface area contributed by atoms with Gasteiger partial charge < -0.3 is 10.6 Å². The lowest BCUT2D eigenvalue weighted by Gasteiger charge is -2.35. The molecule has 1 amide bonds. The summed E-state index contributed by atoms with van der Waals surface area (Å²) in [5.74, 6) is 0.615. The van der Waals surface area contributed by atoms with Crippen LogP contribution in [0.4, 0.5) is 5.69 Å². The molecule has 3 N–H and O–H groups in total. The first-order chi connectivity index (χ1) is 8.58. The molecule has 0 unspecified atom stereocenters. The van der Waals surface area contributed by atoms with Gasteiger partial charge in [0.05, 0.1) is 11.9 Å². The van der Waals surface area contributed by atoms with Crippen molar-refractivity contribution in [3.63, 3.8) is 0 Å². The Hall–Kier alpha value is -1.56. The molecule has 2 heterocycles. The van der Waals surface area contributed by atoms with Gasteiger partial charge in [-0.3, -0.25) is 14.8 Å². The van der Waals surface area contributed by atoms with Crippen molar-refractivity contribution in [3.05, 3.63) is 11.9 Å². The summed E-state index contributed by atoms with van der Waals surface area (Å²) in [4.78, 5) is 16.4. The average molecular weight is 251 g/mol. The molecule has 6 heteroatoms. The van der Waals surface area contributed by atoms with Crippen molar-refractivity contribution >= 4 is 11.6 Å². The van der Waals surface area contributed by atoms with Gasteiger partial charge in [0.25, 0.3) is 5.91 Å². The average Bonchev–Trinajstić information content (AvgIpc) is 2.75. The van der Waals surface area contributed by atoms with Crippen molar-refractivity contribution in [1.82, 2.24) is 20.0 Å². The van der Waals surface area contributed by atoms with Crippen LogP contribution in [0.5, 0.6) is 0 Å². The number of aromatic nitrogens is 2. The third-order valence-electron chi connectivity index (χ3n) is 3.17. The fraction of sp³-hybridized carbons (Fsp3) is 0.667. The summed E-state index contributed by atoms with van der Waals surface area (Å²) >= 11 is 0. The van der Waals surface area contributed by atoms with Gasteiger partial charge in [0.15, 0.2) is 0 Å². The lowest BCUT2D eigenvalue weighted by Crippen LogP contribution is -2.49. The second-order valence-electron chi connectivity index (χ2n) is 5.19. The molecular weight excluding hydrogens is 230 g/mol. The van der Waals surface area contributed by atoms with Crippen molar-refractivity contribution in [2.45, 2.75) is 13.8 Å². The second-order valence-corrected chi connectivity index (χ2v) is 5.19. The predicted molar refractivity (Wildman–Crippen MR) is 70.2 cm³/mol. The summed E-state index contributed by atoms with van der Waals surface area (Å²) in [5.41, 5.74) is 6.52. The number of piperazine rings is 1. The molecule has 6 nitrogen and oxygen atoms in total. The van der Waals surface area contributed by atoms with Gasteiger partial charge in [-0.25, -0.2) is 0 Å². The van der Waals surface area contributed by atoms with Gasteiger partial charge in [-0.15, -0.1) is 0 Å². The molecule has 0 aromatic carbocycles. The van der Waals surface area contributed by atoms with Gasteiger partial charge in [-0.2, -0.15) is 5.10 Å². The smallest absolute Gasteiger partial charge is 0.274 e. The maximum atomic E-state index is 12.2. The van der Waals surface area contributed by atoms with Crippen molar-refractivity contribution < 1.29 is 4.79 Å². The van der Waals surface area contributed by atoms with E-state index >= 15 is 0 Å². The predicted octanol–water partition coefficient (Wildman–Crippen LogP) is 0.406. The van der Waals surface area contributed by atoms with Crippen LogP contribution in [0.3, 0.4) is 0 Å². The Kier molecular flexibility index (Phi) is 3.86. The van der Waals surface area contributed by atoms with Crippen molar-refractivity contribution in [1.29, 1.82) is 0 Å². The monoisotopic (exact) mass is 251 g/mol. The Balaban J connectivity index is 1.90. The third-order valence-corrected chi connectivity index (χ3v) is 3.17. The Morgan fingerprint density at radius 3 is 2.61 bits per heavy atom. The number of rotatable bonds is 3. The number of amides is 1. The number of nitrogens with two attached hydrogens (primary N) is 1. The highest BCUT2D eigenvalue weighted by Crippen LogP contribution is 2.12. The molecule has 1 fully saturated rings. The Morgan fingerprint density at radius 1 is 1.44 bits per heavy atom. The summed E-state index contributed by atoms with van der Waals surface area (Å²) in [6.45, 7) is 8.88. The summed E-state index contributed by atoms with van der Waals surface area (Å²) in [6, 6.07) is 0. The first-order valence-electron chi connectivity index (χ1n) is 6.38. The number of anilines is 1. The van der Waals surface area contributed by atoms with E-state index in [4.69, 9.17) is 5.73 Å². The van der Waals surface area contributed by atoms with E-state index < -0.39 is 0 Å². The van der Waals surface area contributed by atoms with Gasteiger partial charge in [0, 0.05) is 32.7 Å². The van der Waals surface area contributed by atoms with Gasteiger partial charge in [-0.05, 0) is 5.92 Å². The number of nitrogens with one attached hydrogen (secondary N) is 1. The van der Waals surface area contributed by atoms with Crippen LogP contribution < -0.4 is 5.73 Å². The number of nitrogens with zero attached hydrogens (tertiary/aromatic N) is 3. The first-order valence-corrected chi connectivity index (χ1v) is 6.38. The molecule has 100 valence electrons. The van der Waals surface area contributed by atoms with Crippen molar-refractivity contribution in [3.8, 4) is 0 Å². The number of nitrogen functional groups attached to an aromatic ring is 1. The molecule has 0 radical (unpaired) electrons. The highest BCUT2D eigenvalue weighted by Gasteiger charge is 2.24. The second kappa shape index (κ2) is 5.39. The van der Waals surface area contributed by atoms with Gasteiger partial charge in [0.2, 0.25) is 0 Å². The van der Waals surface area contributed by atoms with Crippen LogP contribution in [-0.2, 0) is 0 Å². The SMILES string of the molecule is CC(C)CN1CCN(C(=O)c2[nH]ncc2N)CC1. The van der Waals surface area contributed by atoms with Crippen LogP contribution in [-0.4, -0.2) is 58.6 Å². The molecule has 1 aromatic rings. The van der Waals surface area contributed by atoms with Crippen LogP contribution >= 0.6 is 0 Å². The summed E-state index contributed by atoms with van der Waals surface area (Å²) in [6.07, 6.45) is 1.47. The zero-order chi connectivity index (χ0) is 13.1. The fourth-order valence-corrected chi connectivity index (χ4v) is 2.27. The number of hydrogen-bond acceptors (Lipinski definition) is 4. The largest absolute Gasteiger partial charge is 0.396 e. The molecular formula is C12H21N5O. The minimum Gasteiger partial charge on any atom is -0.396 e. The molecule has 2 rings (SSSR count). The molecule has 1 aliphatic heterocycles.